The highest BCUT2D eigenvalue weighted by molar-refractivity contribution is 7.46. The molecule has 300 valence electrons. The van der Waals surface area contributed by atoms with Crippen molar-refractivity contribution in [2.75, 3.05) is 13.2 Å². The predicted molar refractivity (Wildman–Crippen MR) is 212 cm³/mol. The number of phosphoric acid groups is 1. The average molecular weight is 743 g/mol. The molecule has 0 aromatic heterocycles. The molecule has 0 aliphatic heterocycles. The Kier molecular flexibility index (Phi) is 37.2. The minimum atomic E-state index is -4.75. The summed E-state index contributed by atoms with van der Waals surface area (Å²) in [5, 5.41) is 0. The standard InChI is InChI=1S/C42H79O8P/c1-3-5-7-9-11-13-15-16-17-18-19-20-21-22-23-24-25-26-27-29-30-32-34-36-41(43)48-38-40(39-49-51(45,46)47)50-42(44)37-35-33-31-28-14-12-10-8-6-4-2/h24-25,29-30,40H,3-23,26-28,31-39H2,1-2H3,(H2,45,46,47)/b25-24+,30-29+/t40-/m1/s1. The van der Waals surface area contributed by atoms with Gasteiger partial charge in [-0.05, 0) is 44.9 Å². The van der Waals surface area contributed by atoms with Crippen LogP contribution in [0.2, 0.25) is 0 Å². The van der Waals surface area contributed by atoms with Crippen molar-refractivity contribution in [3.8, 4) is 0 Å². The predicted octanol–water partition coefficient (Wildman–Crippen LogP) is 12.8. The number of carbonyl (C=O) groups is 2. The molecule has 0 aliphatic rings. The van der Waals surface area contributed by atoms with E-state index in [2.05, 4.69) is 42.7 Å². The minimum Gasteiger partial charge on any atom is -0.462 e. The summed E-state index contributed by atoms with van der Waals surface area (Å²) in [6.07, 6.45) is 43.6. The van der Waals surface area contributed by atoms with E-state index in [0.717, 1.165) is 44.9 Å². The highest BCUT2D eigenvalue weighted by Crippen LogP contribution is 2.36. The Labute approximate surface area is 313 Å². The lowest BCUT2D eigenvalue weighted by atomic mass is 10.0. The summed E-state index contributed by atoms with van der Waals surface area (Å²) < 4.78 is 26.3. The van der Waals surface area contributed by atoms with Crippen LogP contribution in [-0.4, -0.2) is 41.0 Å². The number of allylic oxidation sites excluding steroid dienone is 4. The van der Waals surface area contributed by atoms with Crippen molar-refractivity contribution in [1.29, 1.82) is 0 Å². The summed E-state index contributed by atoms with van der Waals surface area (Å²) in [5.74, 6) is -0.929. The maximum Gasteiger partial charge on any atom is 0.469 e. The lowest BCUT2D eigenvalue weighted by Crippen LogP contribution is -2.29. The Morgan fingerprint density at radius 3 is 1.31 bits per heavy atom. The molecule has 8 nitrogen and oxygen atoms in total. The van der Waals surface area contributed by atoms with E-state index in [9.17, 15) is 14.2 Å². The Morgan fingerprint density at radius 1 is 0.490 bits per heavy atom. The molecule has 0 spiro atoms. The molecule has 0 amide bonds. The van der Waals surface area contributed by atoms with Gasteiger partial charge in [0.2, 0.25) is 0 Å². The van der Waals surface area contributed by atoms with E-state index in [4.69, 9.17) is 19.3 Å². The molecule has 2 N–H and O–H groups in total. The molecule has 0 fully saturated rings. The average Bonchev–Trinajstić information content (AvgIpc) is 3.10. The lowest BCUT2D eigenvalue weighted by Gasteiger charge is -2.18. The SMILES string of the molecule is CCCCCCCCCCCCCCCC/C=C/CC/C=C/CCCC(=O)OC[C@H](COP(=O)(O)O)OC(=O)CCCCCCCCCCCC. The van der Waals surface area contributed by atoms with Gasteiger partial charge in [0, 0.05) is 12.8 Å². The van der Waals surface area contributed by atoms with E-state index < -0.39 is 32.5 Å². The Morgan fingerprint density at radius 2 is 0.863 bits per heavy atom. The van der Waals surface area contributed by atoms with Crippen LogP contribution in [0.1, 0.15) is 213 Å². The third-order valence-electron chi connectivity index (χ3n) is 9.20. The molecule has 0 aliphatic carbocycles. The summed E-state index contributed by atoms with van der Waals surface area (Å²) in [7, 11) is -4.75. The molecular formula is C42H79O8P. The van der Waals surface area contributed by atoms with Gasteiger partial charge in [0.25, 0.3) is 0 Å². The summed E-state index contributed by atoms with van der Waals surface area (Å²) in [4.78, 5) is 42.7. The van der Waals surface area contributed by atoms with Gasteiger partial charge in [-0.25, -0.2) is 4.57 Å². The highest BCUT2D eigenvalue weighted by Gasteiger charge is 2.22. The molecule has 0 rings (SSSR count). The first-order valence-electron chi connectivity index (χ1n) is 21.1. The molecule has 1 atom stereocenters. The van der Waals surface area contributed by atoms with Gasteiger partial charge in [-0.1, -0.05) is 179 Å². The van der Waals surface area contributed by atoms with Crippen molar-refractivity contribution in [3.63, 3.8) is 0 Å². The van der Waals surface area contributed by atoms with E-state index in [1.54, 1.807) is 0 Å². The largest absolute Gasteiger partial charge is 0.469 e. The van der Waals surface area contributed by atoms with Crippen molar-refractivity contribution >= 4 is 19.8 Å². The first-order valence-corrected chi connectivity index (χ1v) is 22.7. The van der Waals surface area contributed by atoms with Crippen LogP contribution >= 0.6 is 7.82 Å². The fraction of sp³-hybridized carbons (Fsp3) is 0.857. The number of hydrogen-bond acceptors (Lipinski definition) is 6. The van der Waals surface area contributed by atoms with E-state index >= 15 is 0 Å². The van der Waals surface area contributed by atoms with Crippen LogP contribution in [0.5, 0.6) is 0 Å². The summed E-state index contributed by atoms with van der Waals surface area (Å²) in [5.41, 5.74) is 0. The normalized spacial score (nSPS) is 12.6. The first kappa shape index (κ1) is 49.5. The number of esters is 2. The Balaban J connectivity index is 3.87. The maximum atomic E-state index is 12.3. The molecule has 0 unspecified atom stereocenters. The topological polar surface area (TPSA) is 119 Å². The number of rotatable bonds is 39. The summed E-state index contributed by atoms with van der Waals surface area (Å²) >= 11 is 0. The third kappa shape index (κ3) is 41.2. The van der Waals surface area contributed by atoms with E-state index in [1.165, 1.54) is 128 Å². The molecule has 0 aromatic carbocycles. The van der Waals surface area contributed by atoms with Gasteiger partial charge in [0.15, 0.2) is 6.10 Å². The minimum absolute atomic E-state index is 0.207. The third-order valence-corrected chi connectivity index (χ3v) is 9.69. The molecule has 9 heteroatoms. The van der Waals surface area contributed by atoms with Crippen LogP contribution in [0.25, 0.3) is 0 Å². The zero-order valence-corrected chi connectivity index (χ0v) is 33.9. The van der Waals surface area contributed by atoms with E-state index in [0.29, 0.717) is 12.8 Å². The zero-order valence-electron chi connectivity index (χ0n) is 33.0. The molecule has 51 heavy (non-hydrogen) atoms. The van der Waals surface area contributed by atoms with Gasteiger partial charge in [0.05, 0.1) is 6.61 Å². The second kappa shape index (κ2) is 38.3. The van der Waals surface area contributed by atoms with Gasteiger partial charge in [-0.15, -0.1) is 0 Å². The van der Waals surface area contributed by atoms with Gasteiger partial charge in [0.1, 0.15) is 6.61 Å². The van der Waals surface area contributed by atoms with Crippen molar-refractivity contribution in [2.24, 2.45) is 0 Å². The van der Waals surface area contributed by atoms with Crippen LogP contribution in [0, 0.1) is 0 Å². The summed E-state index contributed by atoms with van der Waals surface area (Å²) in [6, 6.07) is 0. The van der Waals surface area contributed by atoms with Crippen molar-refractivity contribution < 1.29 is 37.9 Å². The number of ether oxygens (including phenoxy) is 2. The van der Waals surface area contributed by atoms with Crippen LogP contribution in [0.3, 0.4) is 0 Å². The number of phosphoric ester groups is 1. The molecule has 0 aromatic rings. The fourth-order valence-corrected chi connectivity index (χ4v) is 6.40. The van der Waals surface area contributed by atoms with Gasteiger partial charge in [-0.3, -0.25) is 14.1 Å². The number of unbranched alkanes of at least 4 members (excludes halogenated alkanes) is 25. The summed E-state index contributed by atoms with van der Waals surface area (Å²) in [6.45, 7) is 3.65. The lowest BCUT2D eigenvalue weighted by molar-refractivity contribution is -0.161. The van der Waals surface area contributed by atoms with E-state index in [-0.39, 0.29) is 19.4 Å². The smallest absolute Gasteiger partial charge is 0.462 e. The quantitative estimate of drug-likeness (QED) is 0.0276. The first-order chi connectivity index (χ1) is 24.8. The Bertz CT molecular complexity index is 884. The monoisotopic (exact) mass is 743 g/mol. The van der Waals surface area contributed by atoms with Crippen LogP contribution < -0.4 is 0 Å². The molecule has 0 bridgehead atoms. The van der Waals surface area contributed by atoms with Crippen LogP contribution in [0.4, 0.5) is 0 Å². The maximum absolute atomic E-state index is 12.3. The molecule has 0 saturated heterocycles. The van der Waals surface area contributed by atoms with Crippen molar-refractivity contribution in [1.82, 2.24) is 0 Å². The van der Waals surface area contributed by atoms with Gasteiger partial charge < -0.3 is 19.3 Å². The van der Waals surface area contributed by atoms with Gasteiger partial charge >= 0.3 is 19.8 Å². The second-order valence-corrected chi connectivity index (χ2v) is 15.5. The van der Waals surface area contributed by atoms with Crippen molar-refractivity contribution in [3.05, 3.63) is 24.3 Å². The van der Waals surface area contributed by atoms with Gasteiger partial charge in [-0.2, -0.15) is 0 Å². The van der Waals surface area contributed by atoms with E-state index in [1.807, 2.05) is 0 Å². The van der Waals surface area contributed by atoms with Crippen LogP contribution in [0.15, 0.2) is 24.3 Å². The second-order valence-electron chi connectivity index (χ2n) is 14.3. The highest BCUT2D eigenvalue weighted by atomic mass is 31.2. The molecule has 0 radical (unpaired) electrons. The molecule has 0 heterocycles. The zero-order chi connectivity index (χ0) is 37.5. The number of hydrogen-bond donors (Lipinski definition) is 2. The molecule has 0 saturated carbocycles. The Hall–Kier alpha value is -1.47. The fourth-order valence-electron chi connectivity index (χ4n) is 6.04. The number of carbonyl (C=O) groups excluding carboxylic acids is 2. The van der Waals surface area contributed by atoms with Crippen LogP contribution in [-0.2, 0) is 28.2 Å². The molecular weight excluding hydrogens is 663 g/mol. The van der Waals surface area contributed by atoms with Crippen molar-refractivity contribution in [2.45, 2.75) is 219 Å².